The second-order valence-electron chi connectivity index (χ2n) is 4.41. The first-order valence-corrected chi connectivity index (χ1v) is 6.06. The molecule has 0 heterocycles. The van der Waals surface area contributed by atoms with Gasteiger partial charge in [0.25, 0.3) is 0 Å². The van der Waals surface area contributed by atoms with E-state index in [-0.39, 0.29) is 24.1 Å². The monoisotopic (exact) mass is 279 g/mol. The van der Waals surface area contributed by atoms with Gasteiger partial charge in [-0.05, 0) is 38.1 Å². The summed E-state index contributed by atoms with van der Waals surface area (Å²) in [7, 11) is 0. The Bertz CT molecular complexity index is 497. The minimum Gasteiger partial charge on any atom is -0.478 e. The summed E-state index contributed by atoms with van der Waals surface area (Å²) in [6.07, 6.45) is 0. The Morgan fingerprint density at radius 1 is 1.15 bits per heavy atom. The lowest BCUT2D eigenvalue weighted by Crippen LogP contribution is -2.41. The fourth-order valence-corrected chi connectivity index (χ4v) is 1.40. The maximum absolute atomic E-state index is 11.5. The van der Waals surface area contributed by atoms with Crippen LogP contribution in [0.25, 0.3) is 0 Å². The van der Waals surface area contributed by atoms with Crippen LogP contribution in [0.1, 0.15) is 24.2 Å². The quantitative estimate of drug-likeness (QED) is 0.645. The van der Waals surface area contributed by atoms with Gasteiger partial charge in [0, 0.05) is 11.7 Å². The van der Waals surface area contributed by atoms with Crippen molar-refractivity contribution in [1.82, 2.24) is 10.6 Å². The Kier molecular flexibility index (Phi) is 5.52. The highest BCUT2D eigenvalue weighted by Crippen LogP contribution is 2.09. The third kappa shape index (κ3) is 5.38. The molecule has 0 aliphatic rings. The predicted molar refractivity (Wildman–Crippen MR) is 73.7 cm³/mol. The average Bonchev–Trinajstić information content (AvgIpc) is 2.36. The summed E-state index contributed by atoms with van der Waals surface area (Å²) < 4.78 is 0. The number of carboxylic acid groups (broad SMARTS) is 1. The molecule has 0 unspecified atom stereocenters. The number of rotatable bonds is 5. The van der Waals surface area contributed by atoms with Crippen molar-refractivity contribution >= 4 is 23.6 Å². The zero-order valence-electron chi connectivity index (χ0n) is 11.3. The summed E-state index contributed by atoms with van der Waals surface area (Å²) in [5.74, 6) is -1.32. The van der Waals surface area contributed by atoms with Crippen LogP contribution in [-0.4, -0.2) is 35.6 Å². The number of aromatic carboxylic acids is 1. The molecule has 7 nitrogen and oxygen atoms in total. The molecule has 20 heavy (non-hydrogen) atoms. The second-order valence-corrected chi connectivity index (χ2v) is 4.41. The lowest BCUT2D eigenvalue weighted by molar-refractivity contribution is -0.120. The van der Waals surface area contributed by atoms with Gasteiger partial charge < -0.3 is 21.1 Å². The largest absolute Gasteiger partial charge is 0.478 e. The Balaban J connectivity index is 2.42. The molecule has 0 saturated heterocycles. The molecule has 0 fully saturated rings. The molecule has 0 atom stereocenters. The van der Waals surface area contributed by atoms with Gasteiger partial charge in [-0.15, -0.1) is 0 Å². The van der Waals surface area contributed by atoms with Gasteiger partial charge in [0.15, 0.2) is 0 Å². The molecular weight excluding hydrogens is 262 g/mol. The highest BCUT2D eigenvalue weighted by atomic mass is 16.4. The molecule has 0 aliphatic heterocycles. The van der Waals surface area contributed by atoms with Gasteiger partial charge in [0.2, 0.25) is 5.91 Å². The zero-order valence-corrected chi connectivity index (χ0v) is 11.3. The van der Waals surface area contributed by atoms with E-state index in [0.29, 0.717) is 5.69 Å². The molecule has 0 aliphatic carbocycles. The van der Waals surface area contributed by atoms with Crippen molar-refractivity contribution in [3.05, 3.63) is 29.8 Å². The van der Waals surface area contributed by atoms with Crippen LogP contribution in [0.15, 0.2) is 24.3 Å². The van der Waals surface area contributed by atoms with Gasteiger partial charge in [0.05, 0.1) is 12.1 Å². The Labute approximate surface area is 116 Å². The standard InChI is InChI=1S/C13H17N3O4/c1-8(2)15-11(17)7-14-13(20)16-10-5-3-9(4-6-10)12(18)19/h3-6,8H,7H2,1-2H3,(H,15,17)(H,18,19)(H2,14,16,20). The number of carbonyl (C=O) groups excluding carboxylic acids is 2. The molecule has 4 N–H and O–H groups in total. The second kappa shape index (κ2) is 7.13. The van der Waals surface area contributed by atoms with E-state index in [4.69, 9.17) is 5.11 Å². The smallest absolute Gasteiger partial charge is 0.335 e. The van der Waals surface area contributed by atoms with E-state index < -0.39 is 12.0 Å². The fourth-order valence-electron chi connectivity index (χ4n) is 1.40. The normalized spacial score (nSPS) is 9.95. The lowest BCUT2D eigenvalue weighted by atomic mass is 10.2. The van der Waals surface area contributed by atoms with Crippen molar-refractivity contribution in [3.63, 3.8) is 0 Å². The maximum Gasteiger partial charge on any atom is 0.335 e. The van der Waals surface area contributed by atoms with Crippen LogP contribution in [0, 0.1) is 0 Å². The predicted octanol–water partition coefficient (Wildman–Crippen LogP) is 1.03. The summed E-state index contributed by atoms with van der Waals surface area (Å²) in [4.78, 5) is 33.5. The molecule has 0 aromatic heterocycles. The number of urea groups is 1. The van der Waals surface area contributed by atoms with Gasteiger partial charge in [0.1, 0.15) is 0 Å². The lowest BCUT2D eigenvalue weighted by Gasteiger charge is -2.10. The fraction of sp³-hybridized carbons (Fsp3) is 0.308. The molecule has 0 saturated carbocycles. The van der Waals surface area contributed by atoms with E-state index in [1.807, 2.05) is 13.8 Å². The van der Waals surface area contributed by atoms with Crippen LogP contribution in [-0.2, 0) is 4.79 Å². The van der Waals surface area contributed by atoms with Gasteiger partial charge in [-0.2, -0.15) is 0 Å². The van der Waals surface area contributed by atoms with Crippen LogP contribution in [0.5, 0.6) is 0 Å². The summed E-state index contributed by atoms with van der Waals surface area (Å²) >= 11 is 0. The molecule has 0 bridgehead atoms. The average molecular weight is 279 g/mol. The summed E-state index contributed by atoms with van der Waals surface area (Å²) in [5, 5.41) is 16.3. The van der Waals surface area contributed by atoms with Crippen molar-refractivity contribution in [2.45, 2.75) is 19.9 Å². The van der Waals surface area contributed by atoms with Gasteiger partial charge in [-0.25, -0.2) is 9.59 Å². The number of amides is 3. The van der Waals surface area contributed by atoms with E-state index in [0.717, 1.165) is 0 Å². The molecule has 0 radical (unpaired) electrons. The van der Waals surface area contributed by atoms with E-state index in [9.17, 15) is 14.4 Å². The minimum absolute atomic E-state index is 0.0101. The summed E-state index contributed by atoms with van der Waals surface area (Å²) in [5.41, 5.74) is 0.573. The molecule has 108 valence electrons. The van der Waals surface area contributed by atoms with Crippen molar-refractivity contribution < 1.29 is 19.5 Å². The zero-order chi connectivity index (χ0) is 15.1. The molecular formula is C13H17N3O4. The van der Waals surface area contributed by atoms with Crippen molar-refractivity contribution in [1.29, 1.82) is 0 Å². The number of anilines is 1. The molecule has 1 rings (SSSR count). The van der Waals surface area contributed by atoms with Crippen molar-refractivity contribution in [3.8, 4) is 0 Å². The highest BCUT2D eigenvalue weighted by molar-refractivity contribution is 5.93. The van der Waals surface area contributed by atoms with Crippen molar-refractivity contribution in [2.24, 2.45) is 0 Å². The number of carbonyl (C=O) groups is 3. The Morgan fingerprint density at radius 3 is 2.25 bits per heavy atom. The van der Waals surface area contributed by atoms with Crippen LogP contribution in [0.3, 0.4) is 0 Å². The van der Waals surface area contributed by atoms with Crippen LogP contribution in [0.4, 0.5) is 10.5 Å². The number of nitrogens with one attached hydrogen (secondary N) is 3. The van der Waals surface area contributed by atoms with Crippen LogP contribution in [0.2, 0.25) is 0 Å². The maximum atomic E-state index is 11.5. The molecule has 7 heteroatoms. The van der Waals surface area contributed by atoms with Crippen LogP contribution < -0.4 is 16.0 Å². The van der Waals surface area contributed by atoms with Gasteiger partial charge in [-0.3, -0.25) is 4.79 Å². The van der Waals surface area contributed by atoms with E-state index in [2.05, 4.69) is 16.0 Å². The molecule has 1 aromatic rings. The van der Waals surface area contributed by atoms with E-state index in [1.165, 1.54) is 24.3 Å². The topological polar surface area (TPSA) is 108 Å². The first-order valence-electron chi connectivity index (χ1n) is 6.06. The Morgan fingerprint density at radius 2 is 1.75 bits per heavy atom. The number of carboxylic acids is 1. The number of hydrogen-bond donors (Lipinski definition) is 4. The third-order valence-corrected chi connectivity index (χ3v) is 2.25. The van der Waals surface area contributed by atoms with E-state index in [1.54, 1.807) is 0 Å². The van der Waals surface area contributed by atoms with Gasteiger partial charge in [-0.1, -0.05) is 0 Å². The highest BCUT2D eigenvalue weighted by Gasteiger charge is 2.07. The van der Waals surface area contributed by atoms with E-state index >= 15 is 0 Å². The van der Waals surface area contributed by atoms with Crippen LogP contribution >= 0.6 is 0 Å². The first kappa shape index (κ1) is 15.5. The summed E-state index contributed by atoms with van der Waals surface area (Å²) in [6, 6.07) is 5.17. The molecule has 3 amide bonds. The van der Waals surface area contributed by atoms with Gasteiger partial charge >= 0.3 is 12.0 Å². The molecule has 1 aromatic carbocycles. The Hall–Kier alpha value is -2.57. The minimum atomic E-state index is -1.04. The summed E-state index contributed by atoms with van der Waals surface area (Å²) in [6.45, 7) is 3.52. The third-order valence-electron chi connectivity index (χ3n) is 2.25. The van der Waals surface area contributed by atoms with Crippen molar-refractivity contribution in [2.75, 3.05) is 11.9 Å². The number of benzene rings is 1. The number of hydrogen-bond acceptors (Lipinski definition) is 3. The molecule has 0 spiro atoms. The SMILES string of the molecule is CC(C)NC(=O)CNC(=O)Nc1ccc(C(=O)O)cc1. The first-order chi connectivity index (χ1) is 9.38.